The van der Waals surface area contributed by atoms with Crippen molar-refractivity contribution in [3.8, 4) is 5.75 Å². The van der Waals surface area contributed by atoms with Gasteiger partial charge in [-0.3, -0.25) is 4.79 Å². The van der Waals surface area contributed by atoms with Crippen molar-refractivity contribution in [3.63, 3.8) is 0 Å². The second-order valence-corrected chi connectivity index (χ2v) is 3.66. The molecule has 18 heavy (non-hydrogen) atoms. The molecule has 92 valence electrons. The van der Waals surface area contributed by atoms with Crippen molar-refractivity contribution >= 4 is 17.4 Å². The van der Waals surface area contributed by atoms with E-state index in [-0.39, 0.29) is 5.91 Å². The topological polar surface area (TPSA) is 77.2 Å². The summed E-state index contributed by atoms with van der Waals surface area (Å²) >= 11 is 0. The summed E-state index contributed by atoms with van der Waals surface area (Å²) in [6.45, 7) is 0. The fraction of sp³-hybridized carbons (Fsp3) is 0.0769. The Kier molecular flexibility index (Phi) is 3.43. The average molecular weight is 243 g/mol. The zero-order valence-corrected chi connectivity index (χ0v) is 9.88. The molecule has 0 aliphatic rings. The Morgan fingerprint density at radius 2 is 2.17 bits per heavy atom. The third-order valence-corrected chi connectivity index (χ3v) is 2.33. The first-order chi connectivity index (χ1) is 8.69. The lowest BCUT2D eigenvalue weighted by molar-refractivity contribution is 0.102. The number of anilines is 2. The van der Waals surface area contributed by atoms with E-state index < -0.39 is 0 Å². The zero-order chi connectivity index (χ0) is 13.0. The smallest absolute Gasteiger partial charge is 0.257 e. The summed E-state index contributed by atoms with van der Waals surface area (Å²) in [5.41, 5.74) is 6.59. The van der Waals surface area contributed by atoms with Gasteiger partial charge in [0.05, 0.1) is 7.11 Å². The number of nitrogens with one attached hydrogen (secondary N) is 1. The molecule has 1 heterocycles. The molecule has 0 bridgehead atoms. The maximum Gasteiger partial charge on any atom is 0.257 e. The van der Waals surface area contributed by atoms with Crippen molar-refractivity contribution in [2.75, 3.05) is 18.2 Å². The number of carbonyl (C=O) groups excluding carboxylic acids is 1. The average Bonchev–Trinajstić information content (AvgIpc) is 2.39. The molecule has 5 nitrogen and oxygen atoms in total. The molecule has 0 radical (unpaired) electrons. The zero-order valence-electron chi connectivity index (χ0n) is 9.88. The molecule has 1 aromatic heterocycles. The summed E-state index contributed by atoms with van der Waals surface area (Å²) in [5.74, 6) is 0.754. The van der Waals surface area contributed by atoms with Gasteiger partial charge in [-0.25, -0.2) is 4.98 Å². The van der Waals surface area contributed by atoms with Crippen molar-refractivity contribution in [2.24, 2.45) is 0 Å². The van der Waals surface area contributed by atoms with Crippen LogP contribution in [0.3, 0.4) is 0 Å². The minimum Gasteiger partial charge on any atom is -0.497 e. The number of hydrogen-bond donors (Lipinski definition) is 2. The number of methoxy groups -OCH3 is 1. The van der Waals surface area contributed by atoms with Crippen molar-refractivity contribution in [1.82, 2.24) is 4.98 Å². The number of hydrogen-bond acceptors (Lipinski definition) is 4. The van der Waals surface area contributed by atoms with Crippen LogP contribution < -0.4 is 15.8 Å². The van der Waals surface area contributed by atoms with Crippen LogP contribution in [0, 0.1) is 0 Å². The van der Waals surface area contributed by atoms with E-state index in [1.165, 1.54) is 7.11 Å². The molecule has 0 unspecified atom stereocenters. The summed E-state index contributed by atoms with van der Waals surface area (Å²) in [6, 6.07) is 10.1. The Morgan fingerprint density at radius 3 is 2.83 bits per heavy atom. The van der Waals surface area contributed by atoms with Crippen LogP contribution in [-0.4, -0.2) is 18.0 Å². The predicted molar refractivity (Wildman–Crippen MR) is 69.6 cm³/mol. The number of ether oxygens (including phenoxy) is 1. The number of rotatable bonds is 3. The van der Waals surface area contributed by atoms with E-state index in [9.17, 15) is 4.79 Å². The first kappa shape index (κ1) is 11.9. The largest absolute Gasteiger partial charge is 0.497 e. The Bertz CT molecular complexity index is 555. The second kappa shape index (κ2) is 5.18. The molecule has 5 heteroatoms. The SMILES string of the molecule is COc1cc(N)cc(C(=O)Nc2ccccn2)c1. The molecular formula is C13H13N3O2. The normalized spacial score (nSPS) is 9.83. The van der Waals surface area contributed by atoms with E-state index in [0.29, 0.717) is 22.8 Å². The Hall–Kier alpha value is -2.56. The number of benzene rings is 1. The summed E-state index contributed by atoms with van der Waals surface area (Å²) < 4.78 is 5.06. The van der Waals surface area contributed by atoms with Crippen LogP contribution in [0.25, 0.3) is 0 Å². The summed E-state index contributed by atoms with van der Waals surface area (Å²) in [7, 11) is 1.52. The second-order valence-electron chi connectivity index (χ2n) is 3.66. The molecule has 1 aromatic carbocycles. The van der Waals surface area contributed by atoms with Gasteiger partial charge in [0.1, 0.15) is 11.6 Å². The first-order valence-electron chi connectivity index (χ1n) is 5.36. The molecule has 0 atom stereocenters. The quantitative estimate of drug-likeness (QED) is 0.807. The first-order valence-corrected chi connectivity index (χ1v) is 5.36. The molecule has 0 saturated heterocycles. The van der Waals surface area contributed by atoms with Crippen LogP contribution in [-0.2, 0) is 0 Å². The molecule has 0 aliphatic carbocycles. The highest BCUT2D eigenvalue weighted by Gasteiger charge is 2.09. The Balaban J connectivity index is 2.21. The highest BCUT2D eigenvalue weighted by atomic mass is 16.5. The lowest BCUT2D eigenvalue weighted by atomic mass is 10.1. The van der Waals surface area contributed by atoms with E-state index in [4.69, 9.17) is 10.5 Å². The van der Waals surface area contributed by atoms with E-state index >= 15 is 0 Å². The number of pyridine rings is 1. The number of amides is 1. The number of aromatic nitrogens is 1. The van der Waals surface area contributed by atoms with Gasteiger partial charge in [-0.05, 0) is 24.3 Å². The Morgan fingerprint density at radius 1 is 1.33 bits per heavy atom. The van der Waals surface area contributed by atoms with Crippen LogP contribution in [0.2, 0.25) is 0 Å². The molecule has 2 rings (SSSR count). The molecule has 0 aliphatic heterocycles. The van der Waals surface area contributed by atoms with Gasteiger partial charge < -0.3 is 15.8 Å². The predicted octanol–water partition coefficient (Wildman–Crippen LogP) is 1.92. The molecule has 0 spiro atoms. The minimum atomic E-state index is -0.278. The molecule has 3 N–H and O–H groups in total. The fourth-order valence-electron chi connectivity index (χ4n) is 1.50. The fourth-order valence-corrected chi connectivity index (χ4v) is 1.50. The van der Waals surface area contributed by atoms with Crippen molar-refractivity contribution < 1.29 is 9.53 Å². The summed E-state index contributed by atoms with van der Waals surface area (Å²) in [4.78, 5) is 16.0. The van der Waals surface area contributed by atoms with Crippen molar-refractivity contribution in [3.05, 3.63) is 48.2 Å². The molecule has 2 aromatic rings. The lowest BCUT2D eigenvalue weighted by Crippen LogP contribution is -2.13. The highest BCUT2D eigenvalue weighted by molar-refractivity contribution is 6.04. The maximum absolute atomic E-state index is 12.0. The van der Waals surface area contributed by atoms with Crippen molar-refractivity contribution in [2.45, 2.75) is 0 Å². The van der Waals surface area contributed by atoms with Crippen molar-refractivity contribution in [1.29, 1.82) is 0 Å². The summed E-state index contributed by atoms with van der Waals surface area (Å²) in [6.07, 6.45) is 1.61. The molecule has 0 saturated carbocycles. The van der Waals surface area contributed by atoms with Crippen LogP contribution >= 0.6 is 0 Å². The highest BCUT2D eigenvalue weighted by Crippen LogP contribution is 2.19. The monoisotopic (exact) mass is 243 g/mol. The Labute approximate surface area is 105 Å². The number of carbonyl (C=O) groups is 1. The molecule has 0 fully saturated rings. The molecule has 1 amide bonds. The summed E-state index contributed by atoms with van der Waals surface area (Å²) in [5, 5.41) is 2.68. The van der Waals surface area contributed by atoms with Gasteiger partial charge in [-0.15, -0.1) is 0 Å². The van der Waals surface area contributed by atoms with Gasteiger partial charge in [-0.2, -0.15) is 0 Å². The number of nitrogen functional groups attached to an aromatic ring is 1. The van der Waals surface area contributed by atoms with E-state index in [1.807, 2.05) is 0 Å². The van der Waals surface area contributed by atoms with Gasteiger partial charge in [0, 0.05) is 23.5 Å². The molecular weight excluding hydrogens is 230 g/mol. The number of nitrogens with two attached hydrogens (primary N) is 1. The minimum absolute atomic E-state index is 0.278. The van der Waals surface area contributed by atoms with Gasteiger partial charge in [0.25, 0.3) is 5.91 Å². The van der Waals surface area contributed by atoms with E-state index in [0.717, 1.165) is 0 Å². The maximum atomic E-state index is 12.0. The van der Waals surface area contributed by atoms with Gasteiger partial charge in [-0.1, -0.05) is 6.07 Å². The van der Waals surface area contributed by atoms with Gasteiger partial charge >= 0.3 is 0 Å². The lowest BCUT2D eigenvalue weighted by Gasteiger charge is -2.07. The van der Waals surface area contributed by atoms with Crippen LogP contribution in [0.4, 0.5) is 11.5 Å². The third-order valence-electron chi connectivity index (χ3n) is 2.33. The van der Waals surface area contributed by atoms with Gasteiger partial charge in [0.15, 0.2) is 0 Å². The number of nitrogens with zero attached hydrogens (tertiary/aromatic N) is 1. The third kappa shape index (κ3) is 2.76. The van der Waals surface area contributed by atoms with Gasteiger partial charge in [0.2, 0.25) is 0 Å². The van der Waals surface area contributed by atoms with E-state index in [1.54, 1.807) is 42.6 Å². The van der Waals surface area contributed by atoms with E-state index in [2.05, 4.69) is 10.3 Å². The van der Waals surface area contributed by atoms with Crippen LogP contribution in [0.1, 0.15) is 10.4 Å². The van der Waals surface area contributed by atoms with Crippen LogP contribution in [0.15, 0.2) is 42.6 Å². The standard InChI is InChI=1S/C13H13N3O2/c1-18-11-7-9(6-10(14)8-11)13(17)16-12-4-2-3-5-15-12/h2-8H,14H2,1H3,(H,15,16,17). The van der Waals surface area contributed by atoms with Crippen LogP contribution in [0.5, 0.6) is 5.75 Å².